The quantitative estimate of drug-likeness (QED) is 0.728. The van der Waals surface area contributed by atoms with Gasteiger partial charge < -0.3 is 4.84 Å². The highest BCUT2D eigenvalue weighted by atomic mass is 16.7. The zero-order valence-electron chi connectivity index (χ0n) is 10.8. The first-order chi connectivity index (χ1) is 9.93. The van der Waals surface area contributed by atoms with Gasteiger partial charge in [-0.3, -0.25) is 0 Å². The number of nitrogens with zero attached hydrogens (tertiary/aromatic N) is 3. The predicted octanol–water partition coefficient (Wildman–Crippen LogP) is 3.59. The van der Waals surface area contributed by atoms with Gasteiger partial charge in [0.15, 0.2) is 0 Å². The van der Waals surface area contributed by atoms with Crippen LogP contribution in [0.4, 0.5) is 0 Å². The normalized spacial score (nSPS) is 29.4. The third-order valence-electron chi connectivity index (χ3n) is 1.91. The fourth-order valence-electron chi connectivity index (χ4n) is 1.05. The lowest BCUT2D eigenvalue weighted by Gasteiger charge is -1.91. The number of hydrogen-bond acceptors (Lipinski definition) is 5. The predicted molar refractivity (Wildman–Crippen MR) is 77.6 cm³/mol. The number of allylic oxidation sites excluding steroid dienone is 12. The van der Waals surface area contributed by atoms with Gasteiger partial charge in [-0.2, -0.15) is 5.26 Å². The fraction of sp³-hybridized carbons (Fsp3) is 0. The molecule has 1 aliphatic heterocycles. The summed E-state index contributed by atoms with van der Waals surface area (Å²) in [5.74, 6) is 0. The van der Waals surface area contributed by atoms with Crippen molar-refractivity contribution in [3.05, 3.63) is 84.9 Å². The summed E-state index contributed by atoms with van der Waals surface area (Å²) < 4.78 is 0. The van der Waals surface area contributed by atoms with Crippen LogP contribution < -0.4 is 5.59 Å². The van der Waals surface area contributed by atoms with Crippen molar-refractivity contribution < 1.29 is 4.84 Å². The van der Waals surface area contributed by atoms with Crippen LogP contribution in [-0.2, 0) is 4.84 Å². The van der Waals surface area contributed by atoms with Gasteiger partial charge >= 0.3 is 0 Å². The molecular weight excluding hydrogens is 252 g/mol. The molecule has 0 atom stereocenters. The molecule has 0 spiro atoms. The van der Waals surface area contributed by atoms with Gasteiger partial charge in [0.25, 0.3) is 0 Å². The van der Waals surface area contributed by atoms with Crippen molar-refractivity contribution in [2.45, 2.75) is 0 Å². The van der Waals surface area contributed by atoms with E-state index in [1.807, 2.05) is 24.3 Å². The average molecular weight is 266 g/mol. The zero-order chi connectivity index (χ0) is 14.3. The maximum atomic E-state index is 8.91. The highest BCUT2D eigenvalue weighted by Crippen LogP contribution is 1.96. The molecule has 1 aliphatic rings. The lowest BCUT2D eigenvalue weighted by atomic mass is 10.2. The van der Waals surface area contributed by atoms with Crippen molar-refractivity contribution in [3.63, 3.8) is 0 Å². The van der Waals surface area contributed by atoms with E-state index in [0.29, 0.717) is 5.57 Å². The molecule has 0 saturated carbocycles. The maximum Gasteiger partial charge on any atom is 0.121 e. The van der Waals surface area contributed by atoms with Crippen LogP contribution >= 0.6 is 0 Å². The average Bonchev–Trinajstić information content (AvgIpc) is 2.47. The van der Waals surface area contributed by atoms with Crippen molar-refractivity contribution in [1.29, 1.82) is 5.26 Å². The van der Waals surface area contributed by atoms with Gasteiger partial charge in [0, 0.05) is 0 Å². The van der Waals surface area contributed by atoms with Crippen molar-refractivity contribution in [3.8, 4) is 6.07 Å². The number of nitriles is 1. The Bertz CT molecular complexity index is 555. The van der Waals surface area contributed by atoms with E-state index in [9.17, 15) is 0 Å². The Morgan fingerprint density at radius 1 is 0.950 bits per heavy atom. The second-order valence-electron chi connectivity index (χ2n) is 3.34. The molecule has 1 rings (SSSR count). The molecule has 20 heavy (non-hydrogen) atoms. The van der Waals surface area contributed by atoms with Gasteiger partial charge in [-0.05, 0) is 29.5 Å². The van der Waals surface area contributed by atoms with Crippen LogP contribution in [0.1, 0.15) is 0 Å². The molecule has 0 amide bonds. The topological polar surface area (TPSA) is 69.8 Å². The molecule has 5 nitrogen and oxygen atoms in total. The second-order valence-corrected chi connectivity index (χ2v) is 3.34. The van der Waals surface area contributed by atoms with Gasteiger partial charge in [-0.25, -0.2) is 0 Å². The third kappa shape index (κ3) is 8.03. The van der Waals surface area contributed by atoms with Crippen LogP contribution in [0.25, 0.3) is 0 Å². The van der Waals surface area contributed by atoms with E-state index in [1.54, 1.807) is 42.5 Å². The van der Waals surface area contributed by atoms with Gasteiger partial charge in [0.05, 0.1) is 17.8 Å². The van der Waals surface area contributed by atoms with Crippen molar-refractivity contribution in [2.24, 2.45) is 10.3 Å². The molecule has 0 bridgehead atoms. The molecule has 5 heteroatoms. The SMILES string of the molecule is N#CC1=C\C=C/C=C/C=C/C=C\ON/N=N/C=C\C=C\1. The summed E-state index contributed by atoms with van der Waals surface area (Å²) in [6.07, 6.45) is 22.3. The molecule has 1 N–H and O–H groups in total. The largest absolute Gasteiger partial charge is 0.372 e. The summed E-state index contributed by atoms with van der Waals surface area (Å²) in [6, 6.07) is 2.08. The standard InChI is InChI=1S/C15H14N4O/c16-14-15-10-6-4-2-1-3-5-9-13-20-19-18-17-12-8-7-11-15/h1-13H,(H,17,19)/b2-1+,5-3+,6-4-,11-7+,12-8-,13-9-,15-10-. The Balaban J connectivity index is 2.78. The Hall–Kier alpha value is -3.13. The molecule has 0 aromatic rings. The van der Waals surface area contributed by atoms with E-state index in [2.05, 4.69) is 22.0 Å². The molecule has 0 aromatic carbocycles. The fourth-order valence-corrected chi connectivity index (χ4v) is 1.05. The van der Waals surface area contributed by atoms with Crippen molar-refractivity contribution in [1.82, 2.24) is 5.59 Å². The summed E-state index contributed by atoms with van der Waals surface area (Å²) in [4.78, 5) is 4.83. The highest BCUT2D eigenvalue weighted by Gasteiger charge is 1.83. The molecule has 0 radical (unpaired) electrons. The molecule has 100 valence electrons. The maximum absolute atomic E-state index is 8.91. The Kier molecular flexibility index (Phi) is 8.20. The van der Waals surface area contributed by atoms with Crippen LogP contribution in [0.3, 0.4) is 0 Å². The summed E-state index contributed by atoms with van der Waals surface area (Å²) in [5, 5.41) is 16.1. The van der Waals surface area contributed by atoms with Crippen LogP contribution in [0.15, 0.2) is 95.2 Å². The summed E-state index contributed by atoms with van der Waals surface area (Å²) in [5.41, 5.74) is 2.82. The van der Waals surface area contributed by atoms with Crippen molar-refractivity contribution in [2.75, 3.05) is 0 Å². The summed E-state index contributed by atoms with van der Waals surface area (Å²) in [7, 11) is 0. The first-order valence-corrected chi connectivity index (χ1v) is 5.84. The van der Waals surface area contributed by atoms with Gasteiger partial charge in [0.1, 0.15) is 6.26 Å². The molecule has 1 heterocycles. The minimum Gasteiger partial charge on any atom is -0.372 e. The number of nitrogens with one attached hydrogen (secondary N) is 1. The Labute approximate surface area is 117 Å². The lowest BCUT2D eigenvalue weighted by molar-refractivity contribution is 0.131. The van der Waals surface area contributed by atoms with E-state index < -0.39 is 0 Å². The molecule has 0 saturated heterocycles. The third-order valence-corrected chi connectivity index (χ3v) is 1.91. The van der Waals surface area contributed by atoms with Crippen molar-refractivity contribution >= 4 is 0 Å². The van der Waals surface area contributed by atoms with Gasteiger partial charge in [0.2, 0.25) is 0 Å². The molecule has 0 unspecified atom stereocenters. The first-order valence-electron chi connectivity index (χ1n) is 5.84. The number of rotatable bonds is 0. The summed E-state index contributed by atoms with van der Waals surface area (Å²) >= 11 is 0. The minimum absolute atomic E-state index is 0.539. The van der Waals surface area contributed by atoms with Gasteiger partial charge in [-0.15, -0.1) is 10.7 Å². The molecule has 0 aliphatic carbocycles. The van der Waals surface area contributed by atoms with Crippen LogP contribution in [0.5, 0.6) is 0 Å². The zero-order valence-corrected chi connectivity index (χ0v) is 10.8. The van der Waals surface area contributed by atoms with Gasteiger partial charge in [-0.1, -0.05) is 42.5 Å². The molecule has 0 aromatic heterocycles. The first kappa shape index (κ1) is 14.9. The molecular formula is C15H14N4O. The lowest BCUT2D eigenvalue weighted by Crippen LogP contribution is -1.98. The highest BCUT2D eigenvalue weighted by molar-refractivity contribution is 5.37. The second kappa shape index (κ2) is 11.0. The monoisotopic (exact) mass is 266 g/mol. The van der Waals surface area contributed by atoms with Crippen LogP contribution in [0, 0.1) is 11.3 Å². The Morgan fingerprint density at radius 2 is 1.70 bits per heavy atom. The van der Waals surface area contributed by atoms with E-state index in [0.717, 1.165) is 0 Å². The summed E-state index contributed by atoms with van der Waals surface area (Å²) in [6.45, 7) is 0. The van der Waals surface area contributed by atoms with E-state index >= 15 is 0 Å². The van der Waals surface area contributed by atoms with Crippen LogP contribution in [0.2, 0.25) is 0 Å². The van der Waals surface area contributed by atoms with E-state index in [1.165, 1.54) is 12.5 Å². The molecule has 0 fully saturated rings. The van der Waals surface area contributed by atoms with Crippen LogP contribution in [-0.4, -0.2) is 0 Å². The number of hydrogen-bond donors (Lipinski definition) is 1. The minimum atomic E-state index is 0.539. The smallest absolute Gasteiger partial charge is 0.121 e. The van der Waals surface area contributed by atoms with E-state index in [-0.39, 0.29) is 0 Å². The van der Waals surface area contributed by atoms with E-state index in [4.69, 9.17) is 10.1 Å². The Morgan fingerprint density at radius 3 is 2.50 bits per heavy atom.